The van der Waals surface area contributed by atoms with Gasteiger partial charge in [0.2, 0.25) is 0 Å². The molecule has 0 heterocycles. The van der Waals surface area contributed by atoms with Crippen LogP contribution in [-0.2, 0) is 4.84 Å². The normalized spacial score (nSPS) is 13.2. The molecule has 140 valence electrons. The Morgan fingerprint density at radius 3 is 2.65 bits per heavy atom. The van der Waals surface area contributed by atoms with Crippen LogP contribution in [0.4, 0.5) is 15.8 Å². The molecule has 0 bridgehead atoms. The van der Waals surface area contributed by atoms with Gasteiger partial charge in [0.05, 0.1) is 15.7 Å². The van der Waals surface area contributed by atoms with E-state index in [4.69, 9.17) is 4.84 Å². The Labute approximate surface area is 173 Å². The maximum atomic E-state index is 14.0. The van der Waals surface area contributed by atoms with E-state index in [1.165, 1.54) is 19.1 Å². The molecule has 0 aliphatic carbocycles. The highest BCUT2D eigenvalue weighted by atomic mass is 127. The lowest BCUT2D eigenvalue weighted by Crippen LogP contribution is -2.37. The average Bonchev–Trinajstić information content (AvgIpc) is 2.58. The van der Waals surface area contributed by atoms with Crippen molar-refractivity contribution in [1.82, 2.24) is 5.48 Å². The fraction of sp³-hybridized carbons (Fsp3) is 0.278. The van der Waals surface area contributed by atoms with Gasteiger partial charge >= 0.3 is 0 Å². The van der Waals surface area contributed by atoms with E-state index >= 15 is 0 Å². The first-order chi connectivity index (χ1) is 12.1. The summed E-state index contributed by atoms with van der Waals surface area (Å²) in [6.07, 6.45) is 0.285. The molecule has 3 N–H and O–H groups in total. The molecule has 1 unspecified atom stereocenters. The summed E-state index contributed by atoms with van der Waals surface area (Å²) >= 11 is 5.29. The Morgan fingerprint density at radius 2 is 2.04 bits per heavy atom. The number of anilines is 2. The Bertz CT molecular complexity index is 830. The van der Waals surface area contributed by atoms with Crippen molar-refractivity contribution in [3.63, 3.8) is 0 Å². The Balaban J connectivity index is 2.33. The number of benzene rings is 2. The zero-order valence-corrected chi connectivity index (χ0v) is 18.2. The molecule has 0 aliphatic heterocycles. The molecular weight excluding hydrogens is 518 g/mol. The van der Waals surface area contributed by atoms with Gasteiger partial charge in [-0.25, -0.2) is 14.7 Å². The second-order valence-corrected chi connectivity index (χ2v) is 8.06. The summed E-state index contributed by atoms with van der Waals surface area (Å²) in [6, 6.07) is 8.33. The third-order valence-electron chi connectivity index (χ3n) is 3.78. The number of hydrogen-bond acceptors (Lipinski definition) is 4. The second-order valence-electron chi connectivity index (χ2n) is 5.96. The summed E-state index contributed by atoms with van der Waals surface area (Å²) in [5, 5.41) is 12.9. The van der Waals surface area contributed by atoms with E-state index in [0.717, 1.165) is 14.8 Å². The van der Waals surface area contributed by atoms with Crippen LogP contribution in [0.1, 0.15) is 36.2 Å². The Morgan fingerprint density at radius 1 is 1.35 bits per heavy atom. The minimum absolute atomic E-state index is 0.148. The van der Waals surface area contributed by atoms with Crippen molar-refractivity contribution in [3.8, 4) is 0 Å². The van der Waals surface area contributed by atoms with Crippen LogP contribution in [-0.4, -0.2) is 16.8 Å². The topological polar surface area (TPSA) is 70.6 Å². The number of nitrogens with one attached hydrogen (secondary N) is 2. The summed E-state index contributed by atoms with van der Waals surface area (Å²) in [7, 11) is 0. The molecule has 2 aromatic carbocycles. The van der Waals surface area contributed by atoms with E-state index < -0.39 is 17.5 Å². The highest BCUT2D eigenvalue weighted by Crippen LogP contribution is 2.29. The number of hydrogen-bond donors (Lipinski definition) is 3. The maximum absolute atomic E-state index is 14.0. The van der Waals surface area contributed by atoms with E-state index in [-0.39, 0.29) is 22.1 Å². The maximum Gasteiger partial charge on any atom is 0.277 e. The molecule has 0 saturated heterocycles. The zero-order chi connectivity index (χ0) is 19.5. The van der Waals surface area contributed by atoms with Gasteiger partial charge in [-0.15, -0.1) is 0 Å². The molecule has 26 heavy (non-hydrogen) atoms. The van der Waals surface area contributed by atoms with Crippen molar-refractivity contribution in [2.75, 3.05) is 5.32 Å². The lowest BCUT2D eigenvalue weighted by atomic mass is 10.1. The van der Waals surface area contributed by atoms with E-state index in [2.05, 4.69) is 49.3 Å². The van der Waals surface area contributed by atoms with Gasteiger partial charge in [-0.3, -0.25) is 4.79 Å². The molecule has 1 atom stereocenters. The third-order valence-corrected chi connectivity index (χ3v) is 5.06. The Kier molecular flexibility index (Phi) is 7.00. The zero-order valence-electron chi connectivity index (χ0n) is 14.5. The fourth-order valence-corrected chi connectivity index (χ4v) is 3.02. The molecule has 0 spiro atoms. The van der Waals surface area contributed by atoms with Crippen molar-refractivity contribution in [2.45, 2.75) is 33.0 Å². The first kappa shape index (κ1) is 21.1. The molecule has 2 aromatic rings. The molecule has 8 heteroatoms. The largest absolute Gasteiger partial charge is 0.364 e. The number of halogens is 3. The summed E-state index contributed by atoms with van der Waals surface area (Å²) in [5.41, 5.74) is 4.38. The summed E-state index contributed by atoms with van der Waals surface area (Å²) in [5.74, 6) is -2.61. The van der Waals surface area contributed by atoms with Crippen LogP contribution < -0.4 is 10.8 Å². The average molecular weight is 537 g/mol. The highest BCUT2D eigenvalue weighted by Gasteiger charge is 2.22. The lowest BCUT2D eigenvalue weighted by molar-refractivity contribution is -0.218. The van der Waals surface area contributed by atoms with Crippen LogP contribution in [0.3, 0.4) is 0 Å². The van der Waals surface area contributed by atoms with Crippen molar-refractivity contribution in [2.24, 2.45) is 0 Å². The van der Waals surface area contributed by atoms with Crippen LogP contribution in [0.2, 0.25) is 0 Å². The van der Waals surface area contributed by atoms with E-state index in [1.54, 1.807) is 6.92 Å². The fourth-order valence-electron chi connectivity index (χ4n) is 2.03. The van der Waals surface area contributed by atoms with Gasteiger partial charge in [-0.1, -0.05) is 6.92 Å². The number of aliphatic hydroxyl groups is 1. The number of carbonyl (C=O) groups is 1. The third kappa shape index (κ3) is 5.38. The molecular formula is C18H19BrFIN2O3. The first-order valence-corrected chi connectivity index (χ1v) is 9.73. The van der Waals surface area contributed by atoms with Gasteiger partial charge in [0.1, 0.15) is 5.82 Å². The highest BCUT2D eigenvalue weighted by molar-refractivity contribution is 14.1. The van der Waals surface area contributed by atoms with Crippen LogP contribution in [0.5, 0.6) is 0 Å². The van der Waals surface area contributed by atoms with Crippen molar-refractivity contribution in [3.05, 3.63) is 55.3 Å². The smallest absolute Gasteiger partial charge is 0.277 e. The van der Waals surface area contributed by atoms with Crippen LogP contribution in [0, 0.1) is 16.3 Å². The van der Waals surface area contributed by atoms with Gasteiger partial charge < -0.3 is 10.4 Å². The van der Waals surface area contributed by atoms with Gasteiger partial charge in [0.25, 0.3) is 5.91 Å². The van der Waals surface area contributed by atoms with Crippen molar-refractivity contribution < 1.29 is 19.1 Å². The first-order valence-electron chi connectivity index (χ1n) is 7.86. The second kappa shape index (κ2) is 8.64. The van der Waals surface area contributed by atoms with Crippen molar-refractivity contribution >= 4 is 55.8 Å². The summed E-state index contributed by atoms with van der Waals surface area (Å²) in [4.78, 5) is 17.5. The number of aryl methyl sites for hydroxylation is 1. The Hall–Kier alpha value is -1.23. The quantitative estimate of drug-likeness (QED) is 0.275. The lowest BCUT2D eigenvalue weighted by Gasteiger charge is -2.22. The standard InChI is InChI=1S/C18H19BrFIN2O3/c1-4-18(3,25)26-23-17(24)12-8-13(19)14(20)9-16(12)22-15-6-5-11(21)7-10(15)2/h5-9,22,25H,4H2,1-3H3,(H,23,24). The number of carbonyl (C=O) groups excluding carboxylic acids is 1. The van der Waals surface area contributed by atoms with E-state index in [1.807, 2.05) is 25.1 Å². The monoisotopic (exact) mass is 536 g/mol. The van der Waals surface area contributed by atoms with Crippen LogP contribution in [0.15, 0.2) is 34.8 Å². The van der Waals surface area contributed by atoms with Crippen molar-refractivity contribution in [1.29, 1.82) is 0 Å². The van der Waals surface area contributed by atoms with Gasteiger partial charge in [0.15, 0.2) is 5.79 Å². The van der Waals surface area contributed by atoms with Gasteiger partial charge in [0, 0.05) is 15.7 Å². The predicted molar refractivity (Wildman–Crippen MR) is 111 cm³/mol. The molecule has 5 nitrogen and oxygen atoms in total. The SMILES string of the molecule is CCC(C)(O)ONC(=O)c1cc(Br)c(F)cc1Nc1ccc(I)cc1C. The molecule has 0 fully saturated rings. The van der Waals surface area contributed by atoms with Crippen LogP contribution >= 0.6 is 38.5 Å². The number of hydroxylamine groups is 1. The van der Waals surface area contributed by atoms with E-state index in [9.17, 15) is 14.3 Å². The molecule has 0 radical (unpaired) electrons. The minimum Gasteiger partial charge on any atom is -0.364 e. The number of rotatable bonds is 6. The molecule has 0 aromatic heterocycles. The van der Waals surface area contributed by atoms with Gasteiger partial charge in [-0.05, 0) is 88.3 Å². The minimum atomic E-state index is -1.49. The van der Waals surface area contributed by atoms with Gasteiger partial charge in [-0.2, -0.15) is 0 Å². The predicted octanol–water partition coefficient (Wildman–Crippen LogP) is 5.02. The van der Waals surface area contributed by atoms with E-state index in [0.29, 0.717) is 0 Å². The molecule has 2 rings (SSSR count). The summed E-state index contributed by atoms with van der Waals surface area (Å²) in [6.45, 7) is 5.07. The molecule has 0 saturated carbocycles. The summed E-state index contributed by atoms with van der Waals surface area (Å²) < 4.78 is 15.2. The van der Waals surface area contributed by atoms with Crippen LogP contribution in [0.25, 0.3) is 0 Å². The molecule has 0 aliphatic rings. The molecule has 1 amide bonds. The number of amides is 1.